The average Bonchev–Trinajstić information content (AvgIpc) is 2.80. The van der Waals surface area contributed by atoms with E-state index < -0.39 is 16.1 Å². The molecule has 2 bridgehead atoms. The summed E-state index contributed by atoms with van der Waals surface area (Å²) < 4.78 is 30.0. The molecule has 1 aromatic heterocycles. The van der Waals surface area contributed by atoms with Gasteiger partial charge in [-0.3, -0.25) is 4.79 Å². The van der Waals surface area contributed by atoms with E-state index in [1.807, 2.05) is 6.07 Å². The number of rotatable bonds is 4. The van der Waals surface area contributed by atoms with E-state index in [9.17, 15) is 18.0 Å². The van der Waals surface area contributed by atoms with E-state index in [-0.39, 0.29) is 22.3 Å². The Hall–Kier alpha value is -3.14. The normalized spacial score (nSPS) is 19.8. The zero-order chi connectivity index (χ0) is 23.9. The van der Waals surface area contributed by atoms with Crippen LogP contribution >= 0.6 is 11.6 Å². The summed E-state index contributed by atoms with van der Waals surface area (Å²) >= 11 is 5.93. The van der Waals surface area contributed by atoms with Gasteiger partial charge in [-0.05, 0) is 60.9 Å². The molecule has 176 valence electrons. The third kappa shape index (κ3) is 4.46. The molecule has 2 N–H and O–H groups in total. The summed E-state index contributed by atoms with van der Waals surface area (Å²) in [5.74, 6) is 0.0875. The molecule has 2 unspecified atom stereocenters. The number of halogens is 1. The van der Waals surface area contributed by atoms with Crippen LogP contribution in [-0.2, 0) is 16.6 Å². The third-order valence-electron chi connectivity index (χ3n) is 6.28. The maximum atomic E-state index is 13.3. The Kier molecular flexibility index (Phi) is 5.93. The Bertz CT molecular complexity index is 1400. The predicted octanol–water partition coefficient (Wildman–Crippen LogP) is 3.95. The van der Waals surface area contributed by atoms with Gasteiger partial charge in [0.1, 0.15) is 0 Å². The van der Waals surface area contributed by atoms with Gasteiger partial charge in [0.05, 0.1) is 4.90 Å². The van der Waals surface area contributed by atoms with Crippen molar-refractivity contribution in [2.24, 2.45) is 5.92 Å². The summed E-state index contributed by atoms with van der Waals surface area (Å²) in [6.07, 6.45) is 0.875. The van der Waals surface area contributed by atoms with Gasteiger partial charge in [-0.1, -0.05) is 23.7 Å². The molecule has 5 rings (SSSR count). The van der Waals surface area contributed by atoms with Crippen molar-refractivity contribution in [1.29, 1.82) is 0 Å². The lowest BCUT2D eigenvalue weighted by molar-refractivity contribution is 0.186. The molecule has 3 aromatic rings. The van der Waals surface area contributed by atoms with Gasteiger partial charge in [0, 0.05) is 53.7 Å². The highest BCUT2D eigenvalue weighted by molar-refractivity contribution is 7.89. The molecule has 0 aliphatic carbocycles. The van der Waals surface area contributed by atoms with Crippen molar-refractivity contribution in [3.05, 3.63) is 87.8 Å². The fourth-order valence-electron chi connectivity index (χ4n) is 4.77. The highest BCUT2D eigenvalue weighted by Crippen LogP contribution is 2.37. The molecule has 1 saturated heterocycles. The number of nitrogens with one attached hydrogen (secondary N) is 2. The molecule has 2 amide bonds. The van der Waals surface area contributed by atoms with E-state index in [0.717, 1.165) is 12.1 Å². The predicted molar refractivity (Wildman–Crippen MR) is 131 cm³/mol. The first kappa shape index (κ1) is 22.6. The molecule has 0 saturated carbocycles. The number of urea groups is 1. The van der Waals surface area contributed by atoms with Crippen molar-refractivity contribution in [1.82, 2.24) is 8.87 Å². The Balaban J connectivity index is 1.29. The van der Waals surface area contributed by atoms with E-state index >= 15 is 0 Å². The maximum absolute atomic E-state index is 13.3. The molecule has 2 aromatic carbocycles. The van der Waals surface area contributed by atoms with Gasteiger partial charge in [-0.15, -0.1) is 0 Å². The van der Waals surface area contributed by atoms with Crippen LogP contribution in [0.25, 0.3) is 0 Å². The van der Waals surface area contributed by atoms with Gasteiger partial charge < -0.3 is 15.2 Å². The van der Waals surface area contributed by atoms with E-state index in [4.69, 9.17) is 11.6 Å². The van der Waals surface area contributed by atoms with Gasteiger partial charge in [0.25, 0.3) is 5.56 Å². The van der Waals surface area contributed by atoms with E-state index in [0.29, 0.717) is 36.0 Å². The number of hydrogen-bond donors (Lipinski definition) is 2. The number of nitrogens with zero attached hydrogens (tertiary/aromatic N) is 2. The Labute approximate surface area is 202 Å². The number of anilines is 2. The second kappa shape index (κ2) is 8.90. The summed E-state index contributed by atoms with van der Waals surface area (Å²) in [5.41, 5.74) is 1.87. The number of pyridine rings is 1. The molecule has 3 heterocycles. The lowest BCUT2D eigenvalue weighted by Crippen LogP contribution is -2.48. The first-order valence-corrected chi connectivity index (χ1v) is 12.7. The van der Waals surface area contributed by atoms with Crippen LogP contribution < -0.4 is 16.2 Å². The molecule has 10 heteroatoms. The van der Waals surface area contributed by atoms with Gasteiger partial charge in [-0.25, -0.2) is 13.2 Å². The van der Waals surface area contributed by atoms with Crippen molar-refractivity contribution >= 4 is 39.0 Å². The number of carbonyl (C=O) groups is 1. The standard InChI is InChI=1S/C24H23ClN4O4S/c25-18-3-1-4-20(12-18)27-24(31)26-19-7-9-21(10-8-19)34(32,33)28-13-16-11-17(15-28)22-5-2-6-23(30)29(22)14-16/h1-10,12,16-17H,11,13-15H2,(H2,26,27,31). The molecule has 0 radical (unpaired) electrons. The largest absolute Gasteiger partial charge is 0.323 e. The molecule has 0 spiro atoms. The van der Waals surface area contributed by atoms with Crippen LogP contribution in [0.15, 0.2) is 76.4 Å². The monoisotopic (exact) mass is 498 g/mol. The Morgan fingerprint density at radius 3 is 2.41 bits per heavy atom. The SMILES string of the molecule is O=C(Nc1ccc(S(=O)(=O)N2CC3CC(C2)c2cccc(=O)n2C3)cc1)Nc1cccc(Cl)c1. The second-order valence-corrected chi connectivity index (χ2v) is 11.0. The molecule has 2 aliphatic rings. The minimum atomic E-state index is -3.71. The molecule has 34 heavy (non-hydrogen) atoms. The molecule has 2 atom stereocenters. The van der Waals surface area contributed by atoms with Crippen molar-refractivity contribution < 1.29 is 13.2 Å². The van der Waals surface area contributed by atoms with Crippen molar-refractivity contribution in [2.45, 2.75) is 23.8 Å². The van der Waals surface area contributed by atoms with Crippen LogP contribution in [0.2, 0.25) is 5.02 Å². The zero-order valence-corrected chi connectivity index (χ0v) is 19.7. The number of piperidine rings is 1. The molecular formula is C24H23ClN4O4S. The number of amides is 2. The minimum absolute atomic E-state index is 0.00713. The van der Waals surface area contributed by atoms with Crippen LogP contribution in [-0.4, -0.2) is 36.4 Å². The highest BCUT2D eigenvalue weighted by Gasteiger charge is 2.39. The highest BCUT2D eigenvalue weighted by atomic mass is 35.5. The van der Waals surface area contributed by atoms with Crippen LogP contribution in [0.4, 0.5) is 16.2 Å². The molecule has 1 fully saturated rings. The molecular weight excluding hydrogens is 476 g/mol. The number of aromatic nitrogens is 1. The number of benzene rings is 2. The topological polar surface area (TPSA) is 101 Å². The van der Waals surface area contributed by atoms with Crippen molar-refractivity contribution in [3.8, 4) is 0 Å². The lowest BCUT2D eigenvalue weighted by Gasteiger charge is -2.42. The molecule has 8 nitrogen and oxygen atoms in total. The zero-order valence-electron chi connectivity index (χ0n) is 18.1. The minimum Gasteiger partial charge on any atom is -0.312 e. The first-order valence-electron chi connectivity index (χ1n) is 10.9. The summed E-state index contributed by atoms with van der Waals surface area (Å²) in [7, 11) is -3.71. The summed E-state index contributed by atoms with van der Waals surface area (Å²) in [6.45, 7) is 1.24. The maximum Gasteiger partial charge on any atom is 0.323 e. The third-order valence-corrected chi connectivity index (χ3v) is 8.36. The fraction of sp³-hybridized carbons (Fsp3) is 0.250. The lowest BCUT2D eigenvalue weighted by atomic mass is 9.84. The first-order chi connectivity index (χ1) is 16.3. The van der Waals surface area contributed by atoms with Crippen LogP contribution in [0.5, 0.6) is 0 Å². The van der Waals surface area contributed by atoms with E-state index in [2.05, 4.69) is 10.6 Å². The fourth-order valence-corrected chi connectivity index (χ4v) is 6.52. The quantitative estimate of drug-likeness (QED) is 0.568. The summed E-state index contributed by atoms with van der Waals surface area (Å²) in [6, 6.07) is 17.6. The van der Waals surface area contributed by atoms with Gasteiger partial charge in [-0.2, -0.15) is 4.31 Å². The average molecular weight is 499 g/mol. The van der Waals surface area contributed by atoms with Crippen molar-refractivity contribution in [2.75, 3.05) is 23.7 Å². The van der Waals surface area contributed by atoms with Gasteiger partial charge in [0.2, 0.25) is 10.0 Å². The molecule has 2 aliphatic heterocycles. The van der Waals surface area contributed by atoms with E-state index in [1.54, 1.807) is 53.1 Å². The van der Waals surface area contributed by atoms with Crippen LogP contribution in [0.3, 0.4) is 0 Å². The smallest absolute Gasteiger partial charge is 0.312 e. The Morgan fingerprint density at radius 2 is 1.65 bits per heavy atom. The number of carbonyl (C=O) groups excluding carboxylic acids is 1. The number of hydrogen-bond acceptors (Lipinski definition) is 4. The summed E-state index contributed by atoms with van der Waals surface area (Å²) in [4.78, 5) is 24.6. The van der Waals surface area contributed by atoms with Gasteiger partial charge in [0.15, 0.2) is 0 Å². The van der Waals surface area contributed by atoms with Crippen molar-refractivity contribution in [3.63, 3.8) is 0 Å². The number of sulfonamides is 1. The van der Waals surface area contributed by atoms with Crippen LogP contribution in [0, 0.1) is 5.92 Å². The van der Waals surface area contributed by atoms with Gasteiger partial charge >= 0.3 is 6.03 Å². The van der Waals surface area contributed by atoms with E-state index in [1.165, 1.54) is 16.4 Å². The number of fused-ring (bicyclic) bond motifs is 4. The Morgan fingerprint density at radius 1 is 0.912 bits per heavy atom. The second-order valence-electron chi connectivity index (χ2n) is 8.63. The van der Waals surface area contributed by atoms with Crippen LogP contribution in [0.1, 0.15) is 18.0 Å². The summed E-state index contributed by atoms with van der Waals surface area (Å²) in [5, 5.41) is 5.86.